The van der Waals surface area contributed by atoms with Crippen LogP contribution in [0.4, 0.5) is 0 Å². The lowest BCUT2D eigenvalue weighted by molar-refractivity contribution is 0.553. The number of hydrogen-bond donors (Lipinski definition) is 0. The highest BCUT2D eigenvalue weighted by atomic mass is 14.1. The van der Waals surface area contributed by atoms with Crippen molar-refractivity contribution in [2.24, 2.45) is 5.92 Å². The van der Waals surface area contributed by atoms with Crippen molar-refractivity contribution >= 4 is 0 Å². The number of rotatable bonds is 3. The van der Waals surface area contributed by atoms with Crippen LogP contribution in [0.3, 0.4) is 0 Å². The van der Waals surface area contributed by atoms with Gasteiger partial charge in [-0.25, -0.2) is 0 Å². The topological polar surface area (TPSA) is 0 Å². The molecule has 0 saturated carbocycles. The highest BCUT2D eigenvalue weighted by Crippen LogP contribution is 2.25. The van der Waals surface area contributed by atoms with Crippen LogP contribution in [0.5, 0.6) is 0 Å². The van der Waals surface area contributed by atoms with Crippen LogP contribution in [0.15, 0.2) is 23.3 Å². The van der Waals surface area contributed by atoms with Crippen molar-refractivity contribution < 1.29 is 0 Å². The second kappa shape index (κ2) is 12.5. The summed E-state index contributed by atoms with van der Waals surface area (Å²) < 4.78 is 0. The molecule has 0 heteroatoms. The molecule has 1 atom stereocenters. The quantitative estimate of drug-likeness (QED) is 0.540. The molecule has 0 nitrogen and oxygen atoms in total. The van der Waals surface area contributed by atoms with Crippen LogP contribution in [-0.2, 0) is 0 Å². The first-order valence-electron chi connectivity index (χ1n) is 6.99. The fourth-order valence-corrected chi connectivity index (χ4v) is 1.47. The van der Waals surface area contributed by atoms with Gasteiger partial charge in [-0.3, -0.25) is 0 Å². The molecular weight excluding hydrogens is 192 g/mol. The minimum absolute atomic E-state index is 0.862. The first-order valence-corrected chi connectivity index (χ1v) is 6.99. The van der Waals surface area contributed by atoms with Crippen LogP contribution in [-0.4, -0.2) is 0 Å². The molecule has 0 fully saturated rings. The molecule has 0 aromatic carbocycles. The Hall–Kier alpha value is -0.520. The lowest BCUT2D eigenvalue weighted by atomic mass is 9.97. The van der Waals surface area contributed by atoms with E-state index in [1.165, 1.54) is 31.3 Å². The van der Waals surface area contributed by atoms with Crippen LogP contribution < -0.4 is 0 Å². The van der Waals surface area contributed by atoms with Gasteiger partial charge in [0.1, 0.15) is 0 Å². The second-order valence-electron chi connectivity index (χ2n) is 4.44. The maximum absolute atomic E-state index is 2.33. The van der Waals surface area contributed by atoms with Crippen LogP contribution >= 0.6 is 0 Å². The monoisotopic (exact) mass is 224 g/mol. The molecule has 0 spiro atoms. The molecule has 0 aromatic rings. The third-order valence-corrected chi connectivity index (χ3v) is 2.42. The molecule has 1 aliphatic carbocycles. The summed E-state index contributed by atoms with van der Waals surface area (Å²) in [7, 11) is 0. The Bertz CT molecular complexity index is 196. The van der Waals surface area contributed by atoms with Gasteiger partial charge in [-0.1, -0.05) is 77.7 Å². The van der Waals surface area contributed by atoms with E-state index >= 15 is 0 Å². The molecule has 16 heavy (non-hydrogen) atoms. The smallest absolute Gasteiger partial charge is 0.0105 e. The molecule has 0 amide bonds. The van der Waals surface area contributed by atoms with Gasteiger partial charge < -0.3 is 0 Å². The lowest BCUT2D eigenvalue weighted by Crippen LogP contribution is -1.93. The average molecular weight is 224 g/mol. The van der Waals surface area contributed by atoms with E-state index in [0.717, 1.165) is 5.92 Å². The molecule has 0 aliphatic heterocycles. The molecule has 0 bridgehead atoms. The van der Waals surface area contributed by atoms with E-state index < -0.39 is 0 Å². The van der Waals surface area contributed by atoms with Crippen molar-refractivity contribution in [1.82, 2.24) is 0 Å². The SMILES string of the molecule is CC.CCC.CCC(C)CC1=CC=C(C)C1. The number of hydrogen-bond acceptors (Lipinski definition) is 0. The zero-order valence-corrected chi connectivity index (χ0v) is 12.6. The molecule has 1 aliphatic rings. The molecule has 1 rings (SSSR count). The van der Waals surface area contributed by atoms with Crippen molar-refractivity contribution in [1.29, 1.82) is 0 Å². The van der Waals surface area contributed by atoms with Gasteiger partial charge in [0.05, 0.1) is 0 Å². The van der Waals surface area contributed by atoms with E-state index in [2.05, 4.69) is 46.8 Å². The number of allylic oxidation sites excluding steroid dienone is 4. The third kappa shape index (κ3) is 10.0. The van der Waals surface area contributed by atoms with Crippen LogP contribution in [0, 0.1) is 5.92 Å². The Morgan fingerprint density at radius 2 is 1.62 bits per heavy atom. The van der Waals surface area contributed by atoms with Gasteiger partial charge in [0.15, 0.2) is 0 Å². The van der Waals surface area contributed by atoms with Crippen LogP contribution in [0.1, 0.15) is 74.1 Å². The zero-order chi connectivity index (χ0) is 13.0. The van der Waals surface area contributed by atoms with Crippen molar-refractivity contribution in [3.05, 3.63) is 23.3 Å². The Kier molecular flexibility index (Phi) is 14.0. The van der Waals surface area contributed by atoms with Crippen LogP contribution in [0.2, 0.25) is 0 Å². The maximum atomic E-state index is 2.33. The van der Waals surface area contributed by atoms with Gasteiger partial charge in [0.25, 0.3) is 0 Å². The van der Waals surface area contributed by atoms with Gasteiger partial charge in [0.2, 0.25) is 0 Å². The summed E-state index contributed by atoms with van der Waals surface area (Å²) in [6.45, 7) is 15.1. The van der Waals surface area contributed by atoms with E-state index in [1.807, 2.05) is 13.8 Å². The largest absolute Gasteiger partial charge is 0.0693 e. The summed E-state index contributed by atoms with van der Waals surface area (Å²) in [6.07, 6.45) is 9.62. The summed E-state index contributed by atoms with van der Waals surface area (Å²) in [5.74, 6) is 0.862. The van der Waals surface area contributed by atoms with E-state index in [9.17, 15) is 0 Å². The summed E-state index contributed by atoms with van der Waals surface area (Å²) in [6, 6.07) is 0. The minimum Gasteiger partial charge on any atom is -0.0693 e. The molecule has 0 heterocycles. The molecule has 0 aromatic heterocycles. The van der Waals surface area contributed by atoms with Crippen molar-refractivity contribution in [3.63, 3.8) is 0 Å². The molecule has 0 N–H and O–H groups in total. The van der Waals surface area contributed by atoms with Gasteiger partial charge in [0, 0.05) is 0 Å². The molecule has 1 unspecified atom stereocenters. The van der Waals surface area contributed by atoms with E-state index in [0.29, 0.717) is 0 Å². The van der Waals surface area contributed by atoms with Gasteiger partial charge >= 0.3 is 0 Å². The standard InChI is InChI=1S/C11H18.C3H8.C2H6/c1-4-9(2)7-11-6-5-10(3)8-11;1-3-2;1-2/h5-6,9H,4,7-8H2,1-3H3;3H2,1-2H3;1-2H3. The lowest BCUT2D eigenvalue weighted by Gasteiger charge is -2.08. The molecule has 96 valence electrons. The fraction of sp³-hybridized carbons (Fsp3) is 0.750. The predicted molar refractivity (Wildman–Crippen MR) is 77.8 cm³/mol. The first kappa shape index (κ1) is 17.9. The van der Waals surface area contributed by atoms with E-state index in [4.69, 9.17) is 0 Å². The van der Waals surface area contributed by atoms with Gasteiger partial charge in [-0.15, -0.1) is 0 Å². The summed E-state index contributed by atoms with van der Waals surface area (Å²) in [5.41, 5.74) is 3.14. The highest BCUT2D eigenvalue weighted by Gasteiger charge is 2.07. The van der Waals surface area contributed by atoms with Gasteiger partial charge in [-0.05, 0) is 25.7 Å². The highest BCUT2D eigenvalue weighted by molar-refractivity contribution is 5.29. The Morgan fingerprint density at radius 1 is 1.12 bits per heavy atom. The average Bonchev–Trinajstić information content (AvgIpc) is 2.68. The molecular formula is C16H32. The summed E-state index contributed by atoms with van der Waals surface area (Å²) in [5, 5.41) is 0. The zero-order valence-electron chi connectivity index (χ0n) is 12.6. The Morgan fingerprint density at radius 3 is 1.94 bits per heavy atom. The minimum atomic E-state index is 0.862. The summed E-state index contributed by atoms with van der Waals surface area (Å²) >= 11 is 0. The summed E-state index contributed by atoms with van der Waals surface area (Å²) in [4.78, 5) is 0. The predicted octanol–water partition coefficient (Wildman–Crippen LogP) is 6.14. The van der Waals surface area contributed by atoms with Crippen molar-refractivity contribution in [2.45, 2.75) is 74.1 Å². The normalized spacial score (nSPS) is 14.9. The molecule has 0 saturated heterocycles. The second-order valence-corrected chi connectivity index (χ2v) is 4.44. The third-order valence-electron chi connectivity index (χ3n) is 2.42. The van der Waals surface area contributed by atoms with E-state index in [1.54, 1.807) is 5.57 Å². The molecule has 0 radical (unpaired) electrons. The first-order chi connectivity index (χ1) is 7.63. The fourth-order valence-electron chi connectivity index (χ4n) is 1.47. The van der Waals surface area contributed by atoms with Crippen molar-refractivity contribution in [3.8, 4) is 0 Å². The van der Waals surface area contributed by atoms with Crippen molar-refractivity contribution in [2.75, 3.05) is 0 Å². The maximum Gasteiger partial charge on any atom is -0.0105 e. The van der Waals surface area contributed by atoms with Gasteiger partial charge in [-0.2, -0.15) is 0 Å². The van der Waals surface area contributed by atoms with Crippen LogP contribution in [0.25, 0.3) is 0 Å². The Balaban J connectivity index is 0. The Labute approximate surface area is 104 Å². The van der Waals surface area contributed by atoms with E-state index in [-0.39, 0.29) is 0 Å².